The number of benzene rings is 1. The molecule has 6 nitrogen and oxygen atoms in total. The number of morpholine rings is 1. The van der Waals surface area contributed by atoms with E-state index >= 15 is 0 Å². The molecule has 3 aliphatic heterocycles. The van der Waals surface area contributed by atoms with Gasteiger partial charge in [0.1, 0.15) is 12.1 Å². The SMILES string of the molecule is O=C1O[C@@H]2C[C@H]1N(C(=O)/C=C/c1ccc3c(c1)OCO3)C2. The molecule has 0 aliphatic carbocycles. The zero-order chi connectivity index (χ0) is 14.4. The topological polar surface area (TPSA) is 65.1 Å². The van der Waals surface area contributed by atoms with Crippen LogP contribution in [-0.4, -0.2) is 42.3 Å². The zero-order valence-electron chi connectivity index (χ0n) is 11.2. The summed E-state index contributed by atoms with van der Waals surface area (Å²) in [4.78, 5) is 25.2. The highest BCUT2D eigenvalue weighted by atomic mass is 16.7. The minimum atomic E-state index is -0.413. The Morgan fingerprint density at radius 3 is 2.95 bits per heavy atom. The van der Waals surface area contributed by atoms with Crippen LogP contribution >= 0.6 is 0 Å². The highest BCUT2D eigenvalue weighted by molar-refractivity contribution is 5.96. The minimum absolute atomic E-state index is 0.134. The van der Waals surface area contributed by atoms with Crippen molar-refractivity contribution in [2.75, 3.05) is 13.3 Å². The van der Waals surface area contributed by atoms with E-state index in [2.05, 4.69) is 0 Å². The predicted octanol–water partition coefficient (Wildman–Crippen LogP) is 0.955. The summed E-state index contributed by atoms with van der Waals surface area (Å²) in [5.41, 5.74) is 0.847. The maximum atomic E-state index is 12.2. The first-order valence-electron chi connectivity index (χ1n) is 6.79. The molecular formula is C15H13NO5. The van der Waals surface area contributed by atoms with Gasteiger partial charge in [-0.1, -0.05) is 6.07 Å². The molecule has 21 heavy (non-hydrogen) atoms. The number of hydrogen-bond donors (Lipinski definition) is 0. The number of carbonyl (C=O) groups excluding carboxylic acids is 2. The second-order valence-electron chi connectivity index (χ2n) is 5.25. The molecule has 3 aliphatic rings. The van der Waals surface area contributed by atoms with Crippen LogP contribution in [0.1, 0.15) is 12.0 Å². The maximum Gasteiger partial charge on any atom is 0.329 e. The van der Waals surface area contributed by atoms with E-state index in [1.807, 2.05) is 18.2 Å². The van der Waals surface area contributed by atoms with Crippen molar-refractivity contribution in [3.8, 4) is 11.5 Å². The third-order valence-corrected chi connectivity index (χ3v) is 3.92. The number of hydrogen-bond acceptors (Lipinski definition) is 5. The lowest BCUT2D eigenvalue weighted by atomic mass is 10.2. The van der Waals surface area contributed by atoms with Gasteiger partial charge in [0.2, 0.25) is 12.7 Å². The molecule has 108 valence electrons. The summed E-state index contributed by atoms with van der Waals surface area (Å²) in [6.07, 6.45) is 3.67. The van der Waals surface area contributed by atoms with E-state index in [-0.39, 0.29) is 24.8 Å². The molecule has 4 rings (SSSR count). The molecule has 0 spiro atoms. The van der Waals surface area contributed by atoms with Crippen LogP contribution < -0.4 is 9.47 Å². The third-order valence-electron chi connectivity index (χ3n) is 3.92. The number of nitrogens with zero attached hydrogens (tertiary/aromatic N) is 1. The van der Waals surface area contributed by atoms with Crippen LogP contribution in [0.4, 0.5) is 0 Å². The van der Waals surface area contributed by atoms with Gasteiger partial charge in [0.05, 0.1) is 6.54 Å². The normalized spacial score (nSPS) is 25.7. The highest BCUT2D eigenvalue weighted by Gasteiger charge is 2.47. The van der Waals surface area contributed by atoms with Crippen molar-refractivity contribution in [2.45, 2.75) is 18.6 Å². The molecule has 6 heteroatoms. The number of likely N-dealkylation sites (tertiary alicyclic amines) is 1. The Labute approximate surface area is 120 Å². The van der Waals surface area contributed by atoms with Crippen LogP contribution in [0.15, 0.2) is 24.3 Å². The molecule has 2 bridgehead atoms. The Bertz CT molecular complexity index is 653. The second kappa shape index (κ2) is 4.51. The monoisotopic (exact) mass is 287 g/mol. The average molecular weight is 287 g/mol. The van der Waals surface area contributed by atoms with Gasteiger partial charge >= 0.3 is 5.97 Å². The van der Waals surface area contributed by atoms with Crippen LogP contribution in [0.2, 0.25) is 0 Å². The van der Waals surface area contributed by atoms with E-state index in [4.69, 9.17) is 14.2 Å². The van der Waals surface area contributed by atoms with Crippen molar-refractivity contribution in [1.82, 2.24) is 4.90 Å². The molecule has 0 N–H and O–H groups in total. The van der Waals surface area contributed by atoms with Gasteiger partial charge in [-0.2, -0.15) is 0 Å². The quantitative estimate of drug-likeness (QED) is 0.598. The van der Waals surface area contributed by atoms with Gasteiger partial charge in [-0.25, -0.2) is 4.79 Å². The van der Waals surface area contributed by atoms with Crippen molar-refractivity contribution < 1.29 is 23.8 Å². The Morgan fingerprint density at radius 2 is 2.14 bits per heavy atom. The van der Waals surface area contributed by atoms with Gasteiger partial charge in [-0.3, -0.25) is 4.79 Å². The van der Waals surface area contributed by atoms with Gasteiger partial charge < -0.3 is 19.1 Å². The van der Waals surface area contributed by atoms with Gasteiger partial charge in [0.15, 0.2) is 11.5 Å². The van der Waals surface area contributed by atoms with Crippen molar-refractivity contribution in [1.29, 1.82) is 0 Å². The van der Waals surface area contributed by atoms with E-state index in [0.29, 0.717) is 24.5 Å². The fourth-order valence-corrected chi connectivity index (χ4v) is 2.87. The molecule has 3 heterocycles. The number of fused-ring (bicyclic) bond motifs is 3. The molecule has 0 saturated carbocycles. The molecule has 1 aromatic rings. The second-order valence-corrected chi connectivity index (χ2v) is 5.25. The first-order chi connectivity index (χ1) is 10.2. The van der Waals surface area contributed by atoms with E-state index < -0.39 is 6.04 Å². The lowest BCUT2D eigenvalue weighted by molar-refractivity contribution is -0.155. The molecule has 2 fully saturated rings. The summed E-state index contributed by atoms with van der Waals surface area (Å²) in [7, 11) is 0. The smallest absolute Gasteiger partial charge is 0.329 e. The summed E-state index contributed by atoms with van der Waals surface area (Å²) in [6.45, 7) is 0.709. The summed E-state index contributed by atoms with van der Waals surface area (Å²) < 4.78 is 15.6. The summed E-state index contributed by atoms with van der Waals surface area (Å²) in [5.74, 6) is 0.916. The van der Waals surface area contributed by atoms with E-state index in [0.717, 1.165) is 5.56 Å². The summed E-state index contributed by atoms with van der Waals surface area (Å²) in [6, 6.07) is 5.06. The fourth-order valence-electron chi connectivity index (χ4n) is 2.87. The summed E-state index contributed by atoms with van der Waals surface area (Å²) >= 11 is 0. The van der Waals surface area contributed by atoms with Crippen molar-refractivity contribution >= 4 is 18.0 Å². The number of amides is 1. The number of esters is 1. The lowest BCUT2D eigenvalue weighted by Crippen LogP contribution is -2.43. The van der Waals surface area contributed by atoms with Crippen LogP contribution in [0.3, 0.4) is 0 Å². The Hall–Kier alpha value is -2.50. The van der Waals surface area contributed by atoms with Crippen LogP contribution in [0.25, 0.3) is 6.08 Å². The Morgan fingerprint density at radius 1 is 1.29 bits per heavy atom. The fraction of sp³-hybridized carbons (Fsp3) is 0.333. The number of carbonyl (C=O) groups is 2. The molecule has 0 radical (unpaired) electrons. The molecule has 2 atom stereocenters. The van der Waals surface area contributed by atoms with E-state index in [1.54, 1.807) is 11.0 Å². The molecule has 2 saturated heterocycles. The van der Waals surface area contributed by atoms with Crippen molar-refractivity contribution in [3.63, 3.8) is 0 Å². The Balaban J connectivity index is 1.48. The van der Waals surface area contributed by atoms with Crippen LogP contribution in [0.5, 0.6) is 11.5 Å². The molecular weight excluding hydrogens is 274 g/mol. The molecule has 1 amide bonds. The predicted molar refractivity (Wildman–Crippen MR) is 71.6 cm³/mol. The third kappa shape index (κ3) is 2.03. The van der Waals surface area contributed by atoms with E-state index in [1.165, 1.54) is 6.08 Å². The van der Waals surface area contributed by atoms with Crippen molar-refractivity contribution in [3.05, 3.63) is 29.8 Å². The molecule has 1 aromatic carbocycles. The molecule has 0 aromatic heterocycles. The largest absolute Gasteiger partial charge is 0.459 e. The summed E-state index contributed by atoms with van der Waals surface area (Å²) in [5, 5.41) is 0. The van der Waals surface area contributed by atoms with Gasteiger partial charge in [0, 0.05) is 12.5 Å². The van der Waals surface area contributed by atoms with E-state index in [9.17, 15) is 9.59 Å². The van der Waals surface area contributed by atoms with Crippen LogP contribution in [-0.2, 0) is 14.3 Å². The highest BCUT2D eigenvalue weighted by Crippen LogP contribution is 2.33. The average Bonchev–Trinajstić information content (AvgIpc) is 3.18. The van der Waals surface area contributed by atoms with Gasteiger partial charge in [-0.15, -0.1) is 0 Å². The standard InChI is InChI=1S/C15H13NO5/c17-14(16-7-10-6-11(16)15(18)21-10)4-2-9-1-3-12-13(5-9)20-8-19-12/h1-5,10-11H,6-8H2/b4-2+/t10-,11-/m1/s1. The van der Waals surface area contributed by atoms with Crippen molar-refractivity contribution in [2.24, 2.45) is 0 Å². The minimum Gasteiger partial charge on any atom is -0.459 e. The first kappa shape index (κ1) is 12.3. The van der Waals surface area contributed by atoms with Crippen LogP contribution in [0, 0.1) is 0 Å². The van der Waals surface area contributed by atoms with Gasteiger partial charge in [0.25, 0.3) is 0 Å². The number of ether oxygens (including phenoxy) is 3. The Kier molecular flexibility index (Phi) is 2.63. The van der Waals surface area contributed by atoms with Gasteiger partial charge in [-0.05, 0) is 23.8 Å². The maximum absolute atomic E-state index is 12.2. The number of rotatable bonds is 2. The zero-order valence-corrected chi connectivity index (χ0v) is 11.2. The lowest BCUT2D eigenvalue weighted by Gasteiger charge is -2.24. The first-order valence-corrected chi connectivity index (χ1v) is 6.79. The molecule has 0 unspecified atom stereocenters.